The van der Waals surface area contributed by atoms with Gasteiger partial charge in [0.2, 0.25) is 15.9 Å². The molecular formula is C21H25ClN2O4S. The first-order valence-corrected chi connectivity index (χ1v) is 11.4. The highest BCUT2D eigenvalue weighted by Gasteiger charge is 2.34. The Morgan fingerprint density at radius 1 is 1.17 bits per heavy atom. The van der Waals surface area contributed by atoms with Crippen LogP contribution in [0, 0.1) is 0 Å². The molecule has 29 heavy (non-hydrogen) atoms. The second-order valence-corrected chi connectivity index (χ2v) is 9.34. The molecule has 1 amide bonds. The van der Waals surface area contributed by atoms with Crippen molar-refractivity contribution in [3.8, 4) is 5.75 Å². The van der Waals surface area contributed by atoms with E-state index in [1.54, 1.807) is 19.2 Å². The molecule has 1 aliphatic heterocycles. The van der Waals surface area contributed by atoms with E-state index in [2.05, 4.69) is 5.32 Å². The van der Waals surface area contributed by atoms with Crippen molar-refractivity contribution in [3.63, 3.8) is 0 Å². The maximum Gasteiger partial charge on any atom is 0.243 e. The molecule has 0 unspecified atom stereocenters. The average Bonchev–Trinajstić information content (AvgIpc) is 2.73. The van der Waals surface area contributed by atoms with Crippen LogP contribution in [-0.4, -0.2) is 38.3 Å². The number of benzene rings is 2. The molecule has 1 heterocycles. The Hall–Kier alpha value is -2.09. The molecule has 3 rings (SSSR count). The van der Waals surface area contributed by atoms with E-state index in [9.17, 15) is 13.2 Å². The molecule has 1 aliphatic rings. The number of hydrogen-bond acceptors (Lipinski definition) is 4. The van der Waals surface area contributed by atoms with Crippen LogP contribution in [0.5, 0.6) is 5.75 Å². The molecule has 1 saturated heterocycles. The lowest BCUT2D eigenvalue weighted by molar-refractivity contribution is -0.122. The number of carbonyl (C=O) groups is 1. The minimum Gasteiger partial charge on any atom is -0.496 e. The van der Waals surface area contributed by atoms with E-state index in [4.69, 9.17) is 16.3 Å². The van der Waals surface area contributed by atoms with Crippen molar-refractivity contribution in [1.82, 2.24) is 9.62 Å². The van der Waals surface area contributed by atoms with E-state index in [-0.39, 0.29) is 23.3 Å². The van der Waals surface area contributed by atoms with E-state index in [0.29, 0.717) is 30.3 Å². The Kier molecular flexibility index (Phi) is 7.16. The fourth-order valence-electron chi connectivity index (χ4n) is 3.57. The Bertz CT molecular complexity index is 947. The third-order valence-electron chi connectivity index (χ3n) is 5.08. The zero-order valence-corrected chi connectivity index (χ0v) is 17.9. The lowest BCUT2D eigenvalue weighted by Gasteiger charge is -2.34. The summed E-state index contributed by atoms with van der Waals surface area (Å²) in [4.78, 5) is 12.7. The van der Waals surface area contributed by atoms with Gasteiger partial charge in [0, 0.05) is 36.1 Å². The molecule has 0 bridgehead atoms. The van der Waals surface area contributed by atoms with Gasteiger partial charge in [-0.05, 0) is 43.2 Å². The molecule has 0 radical (unpaired) electrons. The quantitative estimate of drug-likeness (QED) is 0.719. The summed E-state index contributed by atoms with van der Waals surface area (Å²) in [6.45, 7) is 0.745. The molecule has 0 aromatic heterocycles. The lowest BCUT2D eigenvalue weighted by atomic mass is 10.0. The van der Waals surface area contributed by atoms with E-state index < -0.39 is 10.0 Å². The molecular weight excluding hydrogens is 412 g/mol. The second-order valence-electron chi connectivity index (χ2n) is 7.01. The van der Waals surface area contributed by atoms with Crippen LogP contribution in [0.25, 0.3) is 0 Å². The van der Waals surface area contributed by atoms with Crippen LogP contribution in [0.15, 0.2) is 53.4 Å². The van der Waals surface area contributed by atoms with Gasteiger partial charge in [0.05, 0.1) is 12.0 Å². The number of ether oxygens (including phenoxy) is 1. The van der Waals surface area contributed by atoms with Gasteiger partial charge in [-0.25, -0.2) is 8.42 Å². The van der Waals surface area contributed by atoms with Crippen molar-refractivity contribution in [2.24, 2.45) is 0 Å². The van der Waals surface area contributed by atoms with Gasteiger partial charge in [-0.15, -0.1) is 0 Å². The fourth-order valence-corrected chi connectivity index (χ4v) is 5.38. The summed E-state index contributed by atoms with van der Waals surface area (Å²) in [5.74, 6) is 0.525. The highest BCUT2D eigenvalue weighted by Crippen LogP contribution is 2.28. The number of halogens is 1. The molecule has 156 valence electrons. The van der Waals surface area contributed by atoms with Crippen molar-refractivity contribution >= 4 is 27.5 Å². The molecule has 1 N–H and O–H groups in total. The van der Waals surface area contributed by atoms with Crippen molar-refractivity contribution in [3.05, 3.63) is 59.1 Å². The number of rotatable bonds is 7. The first kappa shape index (κ1) is 21.6. The van der Waals surface area contributed by atoms with Crippen LogP contribution in [0.4, 0.5) is 0 Å². The third-order valence-corrected chi connectivity index (χ3v) is 7.30. The van der Waals surface area contributed by atoms with Gasteiger partial charge in [0.25, 0.3) is 0 Å². The number of sulfonamides is 1. The number of amides is 1. The van der Waals surface area contributed by atoms with Crippen molar-refractivity contribution < 1.29 is 17.9 Å². The fraction of sp³-hybridized carbons (Fsp3) is 0.381. The largest absolute Gasteiger partial charge is 0.496 e. The topological polar surface area (TPSA) is 75.7 Å². The van der Waals surface area contributed by atoms with Gasteiger partial charge in [-0.1, -0.05) is 36.2 Å². The Balaban J connectivity index is 1.68. The number of para-hydroxylation sites is 1. The maximum atomic E-state index is 13.1. The monoisotopic (exact) mass is 436 g/mol. The second kappa shape index (κ2) is 9.61. The zero-order valence-electron chi connectivity index (χ0n) is 16.3. The number of piperidine rings is 1. The maximum absolute atomic E-state index is 13.1. The first-order chi connectivity index (χ1) is 13.9. The highest BCUT2D eigenvalue weighted by molar-refractivity contribution is 7.89. The van der Waals surface area contributed by atoms with Crippen LogP contribution >= 0.6 is 11.6 Å². The minimum atomic E-state index is -3.68. The highest BCUT2D eigenvalue weighted by atomic mass is 35.5. The summed E-state index contributed by atoms with van der Waals surface area (Å²) < 4.78 is 32.9. The van der Waals surface area contributed by atoms with E-state index in [1.807, 2.05) is 24.3 Å². The first-order valence-electron chi connectivity index (χ1n) is 9.58. The van der Waals surface area contributed by atoms with Gasteiger partial charge in [-0.2, -0.15) is 4.31 Å². The Morgan fingerprint density at radius 2 is 1.90 bits per heavy atom. The predicted molar refractivity (Wildman–Crippen MR) is 112 cm³/mol. The van der Waals surface area contributed by atoms with Gasteiger partial charge in [0.1, 0.15) is 5.75 Å². The molecule has 0 aliphatic carbocycles. The third kappa shape index (κ3) is 5.29. The van der Waals surface area contributed by atoms with Gasteiger partial charge in [-0.3, -0.25) is 4.79 Å². The summed E-state index contributed by atoms with van der Waals surface area (Å²) in [7, 11) is -2.09. The molecule has 8 heteroatoms. The average molecular weight is 437 g/mol. The van der Waals surface area contributed by atoms with E-state index in [0.717, 1.165) is 18.4 Å². The van der Waals surface area contributed by atoms with Gasteiger partial charge in [0.15, 0.2) is 0 Å². The number of methoxy groups -OCH3 is 1. The van der Waals surface area contributed by atoms with Crippen molar-refractivity contribution in [2.75, 3.05) is 13.7 Å². The number of nitrogens with one attached hydrogen (secondary N) is 1. The SMILES string of the molecule is COc1ccccc1CNC(=O)C[C@@H]1CCCCN1S(=O)(=O)c1ccc(Cl)cc1. The normalized spacial score (nSPS) is 17.7. The molecule has 1 atom stereocenters. The Morgan fingerprint density at radius 3 is 2.62 bits per heavy atom. The number of nitrogens with zero attached hydrogens (tertiary/aromatic N) is 1. The minimum absolute atomic E-state index is 0.127. The van der Waals surface area contributed by atoms with Crippen LogP contribution in [0.2, 0.25) is 5.02 Å². The molecule has 6 nitrogen and oxygen atoms in total. The summed E-state index contributed by atoms with van der Waals surface area (Å²) in [6.07, 6.45) is 2.47. The van der Waals surface area contributed by atoms with Gasteiger partial charge < -0.3 is 10.1 Å². The van der Waals surface area contributed by atoms with Crippen LogP contribution < -0.4 is 10.1 Å². The predicted octanol–water partition coefficient (Wildman–Crippen LogP) is 3.60. The van der Waals surface area contributed by atoms with Crippen molar-refractivity contribution in [1.29, 1.82) is 0 Å². The number of hydrogen-bond donors (Lipinski definition) is 1. The summed E-state index contributed by atoms with van der Waals surface area (Å²) in [5, 5.41) is 3.36. The standard InChI is InChI=1S/C21H25ClN2O4S/c1-28-20-8-3-2-6-16(20)15-23-21(25)14-18-7-4-5-13-24(18)29(26,27)19-11-9-17(22)10-12-19/h2-3,6,8-12,18H,4-5,7,13-15H2,1H3,(H,23,25)/t18-/m0/s1. The smallest absolute Gasteiger partial charge is 0.243 e. The molecule has 2 aromatic carbocycles. The van der Waals surface area contributed by atoms with E-state index in [1.165, 1.54) is 16.4 Å². The summed E-state index contributed by atoms with van der Waals surface area (Å²) >= 11 is 5.88. The molecule has 1 fully saturated rings. The molecule has 0 saturated carbocycles. The van der Waals surface area contributed by atoms with Gasteiger partial charge >= 0.3 is 0 Å². The molecule has 0 spiro atoms. The zero-order chi connectivity index (χ0) is 20.9. The summed E-state index contributed by atoms with van der Waals surface area (Å²) in [6, 6.07) is 13.2. The lowest BCUT2D eigenvalue weighted by Crippen LogP contribution is -2.45. The van der Waals surface area contributed by atoms with Crippen LogP contribution in [0.3, 0.4) is 0 Å². The van der Waals surface area contributed by atoms with E-state index >= 15 is 0 Å². The van der Waals surface area contributed by atoms with Crippen LogP contribution in [-0.2, 0) is 21.4 Å². The molecule has 2 aromatic rings. The number of carbonyl (C=O) groups excluding carboxylic acids is 1. The Labute approximate surface area is 176 Å². The summed E-state index contributed by atoms with van der Waals surface area (Å²) in [5.41, 5.74) is 0.873. The van der Waals surface area contributed by atoms with Crippen LogP contribution in [0.1, 0.15) is 31.2 Å². The van der Waals surface area contributed by atoms with Crippen molar-refractivity contribution in [2.45, 2.75) is 43.2 Å².